The molecule has 1 saturated carbocycles. The highest BCUT2D eigenvalue weighted by Gasteiger charge is 2.36. The number of carbonyl (C=O) groups excluding carboxylic acids is 2. The Morgan fingerprint density at radius 3 is 2.35 bits per heavy atom. The molecule has 0 unspecified atom stereocenters. The lowest BCUT2D eigenvalue weighted by molar-refractivity contribution is -0.147. The van der Waals surface area contributed by atoms with Crippen LogP contribution in [0.15, 0.2) is 0 Å². The molecule has 0 radical (unpaired) electrons. The number of aliphatic carboxylic acids is 1. The number of anilines is 1. The van der Waals surface area contributed by atoms with Gasteiger partial charge in [0.1, 0.15) is 5.00 Å². The predicted molar refractivity (Wildman–Crippen MR) is 86.8 cm³/mol. The Morgan fingerprint density at radius 1 is 1.17 bits per heavy atom. The summed E-state index contributed by atoms with van der Waals surface area (Å²) in [5, 5.41) is 12.5. The molecule has 1 aliphatic carbocycles. The van der Waals surface area contributed by atoms with Gasteiger partial charge in [-0.05, 0) is 32.3 Å². The van der Waals surface area contributed by atoms with E-state index in [4.69, 9.17) is 4.74 Å². The Bertz CT molecular complexity index is 637. The number of carboxylic acids is 1. The highest BCUT2D eigenvalue weighted by atomic mass is 32.1. The quantitative estimate of drug-likeness (QED) is 0.823. The van der Waals surface area contributed by atoms with Gasteiger partial charge in [-0.25, -0.2) is 4.79 Å². The Hall–Kier alpha value is -1.89. The molecule has 1 heterocycles. The normalized spacial score (nSPS) is 20.8. The second-order valence-corrected chi connectivity index (χ2v) is 7.03. The van der Waals surface area contributed by atoms with Crippen molar-refractivity contribution in [3.05, 3.63) is 16.0 Å². The number of ether oxygens (including phenoxy) is 1. The molecule has 1 fully saturated rings. The van der Waals surface area contributed by atoms with Crippen LogP contribution >= 0.6 is 11.3 Å². The summed E-state index contributed by atoms with van der Waals surface area (Å²) < 4.78 is 4.78. The van der Waals surface area contributed by atoms with Gasteiger partial charge in [0, 0.05) is 4.88 Å². The molecular formula is C16H21NO5S. The average Bonchev–Trinajstić information content (AvgIpc) is 2.80. The zero-order chi connectivity index (χ0) is 17.1. The number of methoxy groups -OCH3 is 1. The van der Waals surface area contributed by atoms with Crippen molar-refractivity contribution in [1.82, 2.24) is 0 Å². The van der Waals surface area contributed by atoms with Crippen molar-refractivity contribution in [2.24, 2.45) is 11.8 Å². The predicted octanol–water partition coefficient (Wildman–Crippen LogP) is 2.98. The summed E-state index contributed by atoms with van der Waals surface area (Å²) in [4.78, 5) is 36.7. The maximum Gasteiger partial charge on any atom is 0.341 e. The lowest BCUT2D eigenvalue weighted by atomic mass is 9.79. The summed E-state index contributed by atoms with van der Waals surface area (Å²) in [6, 6.07) is 0. The molecule has 0 aromatic carbocycles. The first kappa shape index (κ1) is 17.5. The van der Waals surface area contributed by atoms with Crippen LogP contribution in [0.1, 0.15) is 46.5 Å². The summed E-state index contributed by atoms with van der Waals surface area (Å²) in [6.45, 7) is 3.66. The van der Waals surface area contributed by atoms with Gasteiger partial charge in [0.25, 0.3) is 0 Å². The fourth-order valence-corrected chi connectivity index (χ4v) is 4.06. The fraction of sp³-hybridized carbons (Fsp3) is 0.562. The van der Waals surface area contributed by atoms with Crippen LogP contribution in [0, 0.1) is 25.7 Å². The van der Waals surface area contributed by atoms with Crippen LogP contribution in [0.4, 0.5) is 5.00 Å². The van der Waals surface area contributed by atoms with E-state index in [1.165, 1.54) is 18.4 Å². The summed E-state index contributed by atoms with van der Waals surface area (Å²) in [7, 11) is 1.29. The van der Waals surface area contributed by atoms with Crippen molar-refractivity contribution in [1.29, 1.82) is 0 Å². The topological polar surface area (TPSA) is 92.7 Å². The van der Waals surface area contributed by atoms with Gasteiger partial charge in [0.05, 0.1) is 24.5 Å². The van der Waals surface area contributed by atoms with E-state index >= 15 is 0 Å². The molecule has 126 valence electrons. The van der Waals surface area contributed by atoms with E-state index in [-0.39, 0.29) is 5.91 Å². The first-order valence-electron chi connectivity index (χ1n) is 7.58. The van der Waals surface area contributed by atoms with Crippen molar-refractivity contribution >= 4 is 34.2 Å². The molecule has 0 aliphatic heterocycles. The van der Waals surface area contributed by atoms with Crippen LogP contribution in [0.5, 0.6) is 0 Å². The van der Waals surface area contributed by atoms with Gasteiger partial charge in [0.15, 0.2) is 0 Å². The van der Waals surface area contributed by atoms with E-state index in [1.807, 2.05) is 6.92 Å². The number of carboxylic acid groups (broad SMARTS) is 1. The minimum Gasteiger partial charge on any atom is -0.481 e. The Morgan fingerprint density at radius 2 is 1.78 bits per heavy atom. The van der Waals surface area contributed by atoms with Crippen molar-refractivity contribution in [3.63, 3.8) is 0 Å². The van der Waals surface area contributed by atoms with Crippen LogP contribution in [0.2, 0.25) is 0 Å². The molecule has 2 atom stereocenters. The molecule has 0 bridgehead atoms. The molecule has 2 N–H and O–H groups in total. The molecule has 23 heavy (non-hydrogen) atoms. The fourth-order valence-electron chi connectivity index (χ4n) is 3.01. The third kappa shape index (κ3) is 3.55. The van der Waals surface area contributed by atoms with E-state index in [2.05, 4.69) is 5.32 Å². The van der Waals surface area contributed by atoms with Gasteiger partial charge in [-0.2, -0.15) is 0 Å². The number of nitrogens with one attached hydrogen (secondary N) is 1. The maximum atomic E-state index is 12.5. The number of hydrogen-bond donors (Lipinski definition) is 2. The molecule has 0 saturated heterocycles. The number of carbonyl (C=O) groups is 3. The van der Waals surface area contributed by atoms with E-state index < -0.39 is 23.8 Å². The lowest BCUT2D eigenvalue weighted by Crippen LogP contribution is -2.36. The van der Waals surface area contributed by atoms with E-state index in [1.54, 1.807) is 6.92 Å². The third-order valence-corrected chi connectivity index (χ3v) is 5.55. The Kier molecular flexibility index (Phi) is 5.41. The van der Waals surface area contributed by atoms with Crippen LogP contribution in [-0.2, 0) is 14.3 Å². The minimum absolute atomic E-state index is 0.330. The molecule has 1 aliphatic rings. The highest BCUT2D eigenvalue weighted by molar-refractivity contribution is 7.16. The zero-order valence-electron chi connectivity index (χ0n) is 13.5. The standard InChI is InChI=1S/C16H21NO5S/c1-8-9(2)23-14(12(8)16(21)22-3)17-13(18)10-6-4-5-7-11(10)15(19)20/h10-11H,4-7H2,1-3H3,(H,17,18)(H,19,20)/t10-,11-/m0/s1. The largest absolute Gasteiger partial charge is 0.481 e. The van der Waals surface area contributed by atoms with Gasteiger partial charge in [-0.3, -0.25) is 9.59 Å². The van der Waals surface area contributed by atoms with Gasteiger partial charge in [-0.15, -0.1) is 11.3 Å². The van der Waals surface area contributed by atoms with Crippen molar-refractivity contribution in [2.75, 3.05) is 12.4 Å². The first-order valence-corrected chi connectivity index (χ1v) is 8.40. The van der Waals surface area contributed by atoms with E-state index in [9.17, 15) is 19.5 Å². The molecular weight excluding hydrogens is 318 g/mol. The van der Waals surface area contributed by atoms with Crippen molar-refractivity contribution in [3.8, 4) is 0 Å². The number of aryl methyl sites for hydroxylation is 1. The van der Waals surface area contributed by atoms with Crippen molar-refractivity contribution in [2.45, 2.75) is 39.5 Å². The van der Waals surface area contributed by atoms with E-state index in [0.717, 1.165) is 23.3 Å². The minimum atomic E-state index is -0.934. The van der Waals surface area contributed by atoms with Gasteiger partial charge in [0.2, 0.25) is 5.91 Å². The average molecular weight is 339 g/mol. The number of thiophene rings is 1. The molecule has 2 rings (SSSR count). The second kappa shape index (κ2) is 7.12. The summed E-state index contributed by atoms with van der Waals surface area (Å²) in [5.74, 6) is -2.98. The van der Waals surface area contributed by atoms with Crippen LogP contribution in [0.25, 0.3) is 0 Å². The first-order chi connectivity index (χ1) is 10.9. The number of esters is 1. The lowest BCUT2D eigenvalue weighted by Gasteiger charge is -2.27. The molecule has 0 spiro atoms. The van der Waals surface area contributed by atoms with Gasteiger partial charge < -0.3 is 15.2 Å². The van der Waals surface area contributed by atoms with Gasteiger partial charge >= 0.3 is 11.9 Å². The highest BCUT2D eigenvalue weighted by Crippen LogP contribution is 2.36. The Balaban J connectivity index is 2.24. The van der Waals surface area contributed by atoms with Crippen LogP contribution < -0.4 is 5.32 Å². The Labute approximate surface area is 138 Å². The molecule has 1 aromatic rings. The number of hydrogen-bond acceptors (Lipinski definition) is 5. The molecule has 6 nitrogen and oxygen atoms in total. The molecule has 1 aromatic heterocycles. The number of rotatable bonds is 4. The summed E-state index contributed by atoms with van der Waals surface area (Å²) in [6.07, 6.45) is 2.74. The zero-order valence-corrected chi connectivity index (χ0v) is 14.3. The van der Waals surface area contributed by atoms with Crippen LogP contribution in [0.3, 0.4) is 0 Å². The van der Waals surface area contributed by atoms with Crippen LogP contribution in [-0.4, -0.2) is 30.1 Å². The summed E-state index contributed by atoms with van der Waals surface area (Å²) >= 11 is 1.31. The molecule has 7 heteroatoms. The summed E-state index contributed by atoms with van der Waals surface area (Å²) in [5.41, 5.74) is 1.13. The SMILES string of the molecule is COC(=O)c1c(NC(=O)[C@H]2CCCC[C@@H]2C(=O)O)sc(C)c1C. The van der Waals surface area contributed by atoms with Gasteiger partial charge in [-0.1, -0.05) is 12.8 Å². The third-order valence-electron chi connectivity index (χ3n) is 4.43. The molecule has 1 amide bonds. The maximum absolute atomic E-state index is 12.5. The second-order valence-electron chi connectivity index (χ2n) is 5.80. The van der Waals surface area contributed by atoms with E-state index in [0.29, 0.717) is 23.4 Å². The van der Waals surface area contributed by atoms with Crippen molar-refractivity contribution < 1.29 is 24.2 Å². The number of amides is 1. The monoisotopic (exact) mass is 339 g/mol. The smallest absolute Gasteiger partial charge is 0.341 e.